The van der Waals surface area contributed by atoms with Crippen LogP contribution in [0.3, 0.4) is 0 Å². The predicted octanol–water partition coefficient (Wildman–Crippen LogP) is 2.35. The topological polar surface area (TPSA) is 82.1 Å². The molecule has 1 fully saturated rings. The van der Waals surface area contributed by atoms with E-state index in [1.54, 1.807) is 13.0 Å². The highest BCUT2D eigenvalue weighted by Crippen LogP contribution is 2.41. The van der Waals surface area contributed by atoms with E-state index in [0.717, 1.165) is 10.5 Å². The van der Waals surface area contributed by atoms with Crippen molar-refractivity contribution in [2.45, 2.75) is 32.4 Å². The van der Waals surface area contributed by atoms with E-state index in [1.165, 1.54) is 21.3 Å². The molecule has 7 heteroatoms. The van der Waals surface area contributed by atoms with Gasteiger partial charge in [0.2, 0.25) is 5.91 Å². The molecule has 0 unspecified atom stereocenters. The van der Waals surface area contributed by atoms with Crippen molar-refractivity contribution < 1.29 is 28.6 Å². The lowest BCUT2D eigenvalue weighted by molar-refractivity contribution is -0.168. The van der Waals surface area contributed by atoms with Crippen LogP contribution in [-0.2, 0) is 35.2 Å². The second-order valence-corrected chi connectivity index (χ2v) is 7.31. The van der Waals surface area contributed by atoms with Crippen LogP contribution in [-0.4, -0.2) is 56.2 Å². The third kappa shape index (κ3) is 4.34. The Kier molecular flexibility index (Phi) is 7.56. The number of amides is 1. The smallest absolute Gasteiger partial charge is 0.348 e. The van der Waals surface area contributed by atoms with E-state index >= 15 is 0 Å². The number of methoxy groups -OCH3 is 2. The molecule has 1 saturated heterocycles. The van der Waals surface area contributed by atoms with E-state index in [1.807, 2.05) is 37.3 Å². The summed E-state index contributed by atoms with van der Waals surface area (Å²) < 4.78 is 15.5. The van der Waals surface area contributed by atoms with Crippen molar-refractivity contribution in [1.29, 1.82) is 0 Å². The van der Waals surface area contributed by atoms with Crippen molar-refractivity contribution in [3.8, 4) is 0 Å². The van der Waals surface area contributed by atoms with Gasteiger partial charge in [0.1, 0.15) is 0 Å². The molecule has 1 aromatic rings. The molecule has 0 radical (unpaired) electrons. The van der Waals surface area contributed by atoms with Crippen LogP contribution in [0.5, 0.6) is 0 Å². The highest BCUT2D eigenvalue weighted by molar-refractivity contribution is 6.15. The van der Waals surface area contributed by atoms with Gasteiger partial charge in [0, 0.05) is 13.7 Å². The molecule has 158 valence electrons. The summed E-state index contributed by atoms with van der Waals surface area (Å²) in [6.07, 6.45) is 2.31. The number of allylic oxidation sites excluding steroid dienone is 1. The van der Waals surface area contributed by atoms with Crippen LogP contribution in [0.2, 0.25) is 0 Å². The number of nitrogens with zero attached hydrogens (tertiary/aromatic N) is 1. The first-order valence-corrected chi connectivity index (χ1v) is 9.57. The summed E-state index contributed by atoms with van der Waals surface area (Å²) in [5.41, 5.74) is -0.409. The van der Waals surface area contributed by atoms with Gasteiger partial charge in [-0.3, -0.25) is 4.79 Å². The quantitative estimate of drug-likeness (QED) is 0.376. The normalized spacial score (nSPS) is 20.6. The molecule has 0 aromatic heterocycles. The minimum Gasteiger partial charge on any atom is -0.467 e. The Labute approximate surface area is 171 Å². The maximum absolute atomic E-state index is 12.6. The third-order valence-electron chi connectivity index (χ3n) is 5.30. The van der Waals surface area contributed by atoms with Gasteiger partial charge in [0.05, 0.1) is 26.7 Å². The van der Waals surface area contributed by atoms with E-state index in [9.17, 15) is 14.4 Å². The summed E-state index contributed by atoms with van der Waals surface area (Å²) in [4.78, 5) is 39.0. The van der Waals surface area contributed by atoms with Gasteiger partial charge in [-0.15, -0.1) is 0 Å². The molecule has 1 aromatic carbocycles. The van der Waals surface area contributed by atoms with Crippen LogP contribution in [0.4, 0.5) is 0 Å². The molecule has 0 N–H and O–H groups in total. The fourth-order valence-electron chi connectivity index (χ4n) is 3.66. The molecule has 1 aliphatic heterocycles. The summed E-state index contributed by atoms with van der Waals surface area (Å²) in [6.45, 7) is 4.69. The zero-order chi connectivity index (χ0) is 21.6. The lowest BCUT2D eigenvalue weighted by Crippen LogP contribution is -2.58. The molecular formula is C22H29NO6. The highest BCUT2D eigenvalue weighted by Gasteiger charge is 2.63. The number of hydrogen-bond acceptors (Lipinski definition) is 6. The number of rotatable bonds is 8. The van der Waals surface area contributed by atoms with Gasteiger partial charge in [0.25, 0.3) is 5.54 Å². The number of likely N-dealkylation sites (N-methyl/N-ethyl adjacent to an activating group) is 1. The summed E-state index contributed by atoms with van der Waals surface area (Å²) in [7, 11) is 3.79. The Morgan fingerprint density at radius 1 is 1.17 bits per heavy atom. The monoisotopic (exact) mass is 403 g/mol. The Balaban J connectivity index is 2.17. The van der Waals surface area contributed by atoms with E-state index < -0.39 is 23.4 Å². The SMILES string of the molecule is COC(=O)C1(C(=O)OC)/C(=C/C[C@@H](C)COCc2ccccc2)[C@@H](C)C(=O)N1C. The number of likely N-dealkylation sites (tertiary alicyclic amines) is 1. The molecule has 0 aliphatic carbocycles. The van der Waals surface area contributed by atoms with Crippen LogP contribution < -0.4 is 0 Å². The van der Waals surface area contributed by atoms with Gasteiger partial charge in [-0.2, -0.15) is 0 Å². The fraction of sp³-hybridized carbons (Fsp3) is 0.500. The first-order chi connectivity index (χ1) is 13.8. The van der Waals surface area contributed by atoms with Crippen molar-refractivity contribution in [3.63, 3.8) is 0 Å². The second-order valence-electron chi connectivity index (χ2n) is 7.31. The molecule has 7 nitrogen and oxygen atoms in total. The Morgan fingerprint density at radius 2 is 1.76 bits per heavy atom. The maximum atomic E-state index is 12.6. The van der Waals surface area contributed by atoms with Crippen molar-refractivity contribution in [2.75, 3.05) is 27.9 Å². The third-order valence-corrected chi connectivity index (χ3v) is 5.30. The number of carbonyl (C=O) groups excluding carboxylic acids is 3. The summed E-state index contributed by atoms with van der Waals surface area (Å²) >= 11 is 0. The molecule has 1 aliphatic rings. The molecular weight excluding hydrogens is 374 g/mol. The van der Waals surface area contributed by atoms with Gasteiger partial charge in [-0.25, -0.2) is 9.59 Å². The van der Waals surface area contributed by atoms with Crippen molar-refractivity contribution in [2.24, 2.45) is 11.8 Å². The standard InChI is InChI=1S/C22H29NO6/c1-15(13-29-14-17-9-7-6-8-10-17)11-12-18-16(2)19(24)23(3)22(18,20(25)27-4)21(26)28-5/h6-10,12,15-16H,11,13-14H2,1-5H3/b18-12+/t15-,16-/m1/s1. The maximum Gasteiger partial charge on any atom is 0.348 e. The van der Waals surface area contributed by atoms with Crippen molar-refractivity contribution >= 4 is 17.8 Å². The first kappa shape index (κ1) is 22.6. The predicted molar refractivity (Wildman–Crippen MR) is 107 cm³/mol. The van der Waals surface area contributed by atoms with Crippen LogP contribution in [0.25, 0.3) is 0 Å². The van der Waals surface area contributed by atoms with Gasteiger partial charge < -0.3 is 19.1 Å². The largest absolute Gasteiger partial charge is 0.467 e. The van der Waals surface area contributed by atoms with Crippen LogP contribution >= 0.6 is 0 Å². The average Bonchev–Trinajstić information content (AvgIpc) is 2.93. The number of hydrogen-bond donors (Lipinski definition) is 0. The van der Waals surface area contributed by atoms with Crippen LogP contribution in [0.15, 0.2) is 42.0 Å². The molecule has 2 atom stereocenters. The van der Waals surface area contributed by atoms with Gasteiger partial charge in [0.15, 0.2) is 0 Å². The van der Waals surface area contributed by atoms with E-state index in [2.05, 4.69) is 0 Å². The van der Waals surface area contributed by atoms with Gasteiger partial charge in [-0.05, 0) is 30.4 Å². The molecule has 2 rings (SSSR count). The van der Waals surface area contributed by atoms with E-state index in [4.69, 9.17) is 14.2 Å². The Bertz CT molecular complexity index is 757. The number of carbonyl (C=O) groups is 3. The second kappa shape index (κ2) is 9.69. The zero-order valence-electron chi connectivity index (χ0n) is 17.6. The average molecular weight is 403 g/mol. The van der Waals surface area contributed by atoms with Crippen molar-refractivity contribution in [1.82, 2.24) is 4.90 Å². The van der Waals surface area contributed by atoms with Crippen LogP contribution in [0, 0.1) is 11.8 Å². The number of ether oxygens (including phenoxy) is 3. The molecule has 0 bridgehead atoms. The molecule has 1 amide bonds. The van der Waals surface area contributed by atoms with Crippen LogP contribution in [0.1, 0.15) is 25.8 Å². The number of esters is 2. The zero-order valence-corrected chi connectivity index (χ0v) is 17.6. The van der Waals surface area contributed by atoms with E-state index in [0.29, 0.717) is 25.2 Å². The molecule has 0 spiro atoms. The first-order valence-electron chi connectivity index (χ1n) is 9.57. The summed E-state index contributed by atoms with van der Waals surface area (Å²) in [5, 5.41) is 0. The lowest BCUT2D eigenvalue weighted by atomic mass is 9.84. The molecule has 29 heavy (non-hydrogen) atoms. The Hall–Kier alpha value is -2.67. The van der Waals surface area contributed by atoms with E-state index in [-0.39, 0.29) is 11.8 Å². The summed E-state index contributed by atoms with van der Waals surface area (Å²) in [6, 6.07) is 9.86. The minimum absolute atomic E-state index is 0.118. The lowest BCUT2D eigenvalue weighted by Gasteiger charge is -2.31. The number of benzene rings is 1. The molecule has 1 heterocycles. The Morgan fingerprint density at radius 3 is 2.31 bits per heavy atom. The van der Waals surface area contributed by atoms with Crippen molar-refractivity contribution in [3.05, 3.63) is 47.5 Å². The minimum atomic E-state index is -1.88. The van der Waals surface area contributed by atoms with Gasteiger partial charge in [-0.1, -0.05) is 43.3 Å². The van der Waals surface area contributed by atoms with Gasteiger partial charge >= 0.3 is 11.9 Å². The summed E-state index contributed by atoms with van der Waals surface area (Å²) in [5.74, 6) is -2.50. The highest BCUT2D eigenvalue weighted by atomic mass is 16.5. The molecule has 0 saturated carbocycles. The fourth-order valence-corrected chi connectivity index (χ4v) is 3.66.